The zero-order valence-corrected chi connectivity index (χ0v) is 37.8. The molecule has 1 aliphatic carbocycles. The van der Waals surface area contributed by atoms with Crippen molar-refractivity contribution in [1.82, 2.24) is 0 Å². The summed E-state index contributed by atoms with van der Waals surface area (Å²) in [6.45, 7) is 0. The highest BCUT2D eigenvalue weighted by molar-refractivity contribution is 6.10. The van der Waals surface area contributed by atoms with Crippen LogP contribution in [0.15, 0.2) is 277 Å². The summed E-state index contributed by atoms with van der Waals surface area (Å²) in [6, 6.07) is 99.2. The summed E-state index contributed by atoms with van der Waals surface area (Å²) in [5, 5.41) is 2.24. The zero-order chi connectivity index (χ0) is 45.7. The van der Waals surface area contributed by atoms with Gasteiger partial charge in [0.2, 0.25) is 0 Å². The van der Waals surface area contributed by atoms with E-state index in [0.29, 0.717) is 0 Å². The molecule has 0 saturated heterocycles. The van der Waals surface area contributed by atoms with Gasteiger partial charge in [0.05, 0.1) is 11.1 Å². The minimum atomic E-state index is -0.494. The molecule has 0 amide bonds. The van der Waals surface area contributed by atoms with Crippen LogP contribution in [0.1, 0.15) is 22.3 Å². The second-order valence-electron chi connectivity index (χ2n) is 17.9. The average Bonchev–Trinajstić information content (AvgIpc) is 3.97. The molecule has 0 N–H and O–H groups in total. The van der Waals surface area contributed by atoms with Crippen molar-refractivity contribution in [3.63, 3.8) is 0 Å². The van der Waals surface area contributed by atoms with Crippen molar-refractivity contribution in [2.45, 2.75) is 5.41 Å². The van der Waals surface area contributed by atoms with Gasteiger partial charge in [0, 0.05) is 33.3 Å². The van der Waals surface area contributed by atoms with E-state index in [0.717, 1.165) is 66.8 Å². The Morgan fingerprint density at radius 2 is 0.783 bits per heavy atom. The van der Waals surface area contributed by atoms with Crippen molar-refractivity contribution < 1.29 is 4.42 Å². The van der Waals surface area contributed by atoms with Crippen LogP contribution in [0.2, 0.25) is 0 Å². The number of fused-ring (bicyclic) bond motifs is 6. The van der Waals surface area contributed by atoms with Gasteiger partial charge in [-0.3, -0.25) is 0 Å². The SMILES string of the molecule is c1ccc(-c2ccc(-c3ccccc3N(c3cccc(-c4cccc5c4-c4ccccc4C5(c4ccccc4)c4ccccc4)c3)c3cccc(-c4cccc5c4oc4ccccc45)c3)cc2)cc1. The van der Waals surface area contributed by atoms with Gasteiger partial charge in [-0.15, -0.1) is 0 Å². The molecule has 0 saturated carbocycles. The Morgan fingerprint density at radius 1 is 0.304 bits per heavy atom. The molecule has 2 heteroatoms. The topological polar surface area (TPSA) is 16.4 Å². The van der Waals surface area contributed by atoms with E-state index < -0.39 is 5.41 Å². The molecule has 0 radical (unpaired) electrons. The molecule has 0 aliphatic heterocycles. The monoisotopic (exact) mass is 879 g/mol. The first-order chi connectivity index (χ1) is 34.2. The third-order valence-electron chi connectivity index (χ3n) is 14.2. The van der Waals surface area contributed by atoms with E-state index in [1.165, 1.54) is 50.1 Å². The van der Waals surface area contributed by atoms with Crippen molar-refractivity contribution in [3.05, 3.63) is 295 Å². The fourth-order valence-electron chi connectivity index (χ4n) is 11.1. The van der Waals surface area contributed by atoms with Crippen molar-refractivity contribution in [1.29, 1.82) is 0 Å². The Bertz CT molecular complexity index is 3790. The normalized spacial score (nSPS) is 12.5. The molecule has 13 rings (SSSR count). The van der Waals surface area contributed by atoms with Crippen molar-refractivity contribution in [3.8, 4) is 55.6 Å². The van der Waals surface area contributed by atoms with E-state index in [9.17, 15) is 0 Å². The lowest BCUT2D eigenvalue weighted by atomic mass is 9.67. The smallest absolute Gasteiger partial charge is 0.143 e. The molecule has 1 aliphatic rings. The highest BCUT2D eigenvalue weighted by Crippen LogP contribution is 2.58. The van der Waals surface area contributed by atoms with E-state index in [-0.39, 0.29) is 0 Å². The summed E-state index contributed by atoms with van der Waals surface area (Å²) in [5.74, 6) is 0. The van der Waals surface area contributed by atoms with Gasteiger partial charge in [0.1, 0.15) is 11.2 Å². The Hall–Kier alpha value is -8.98. The van der Waals surface area contributed by atoms with Crippen LogP contribution < -0.4 is 4.90 Å². The summed E-state index contributed by atoms with van der Waals surface area (Å²) < 4.78 is 6.61. The summed E-state index contributed by atoms with van der Waals surface area (Å²) >= 11 is 0. The molecule has 1 heterocycles. The lowest BCUT2D eigenvalue weighted by Crippen LogP contribution is -2.28. The van der Waals surface area contributed by atoms with Crippen LogP contribution in [-0.2, 0) is 5.41 Å². The number of para-hydroxylation sites is 3. The van der Waals surface area contributed by atoms with Gasteiger partial charge in [-0.05, 0) is 103 Å². The molecule has 12 aromatic rings. The van der Waals surface area contributed by atoms with E-state index in [1.807, 2.05) is 6.07 Å². The number of hydrogen-bond donors (Lipinski definition) is 0. The van der Waals surface area contributed by atoms with Gasteiger partial charge in [0.15, 0.2) is 0 Å². The van der Waals surface area contributed by atoms with Crippen LogP contribution in [0.5, 0.6) is 0 Å². The third-order valence-corrected chi connectivity index (χ3v) is 14.2. The second-order valence-corrected chi connectivity index (χ2v) is 17.9. The minimum absolute atomic E-state index is 0.494. The van der Waals surface area contributed by atoms with Gasteiger partial charge < -0.3 is 9.32 Å². The van der Waals surface area contributed by atoms with E-state index in [1.54, 1.807) is 0 Å². The van der Waals surface area contributed by atoms with Crippen molar-refractivity contribution in [2.24, 2.45) is 0 Å². The van der Waals surface area contributed by atoms with Gasteiger partial charge in [-0.2, -0.15) is 0 Å². The molecule has 0 unspecified atom stereocenters. The molecule has 0 fully saturated rings. The maximum atomic E-state index is 6.61. The van der Waals surface area contributed by atoms with Gasteiger partial charge in [-0.25, -0.2) is 0 Å². The molecule has 0 bridgehead atoms. The Morgan fingerprint density at radius 3 is 1.51 bits per heavy atom. The first-order valence-corrected chi connectivity index (χ1v) is 23.7. The maximum absolute atomic E-state index is 6.61. The minimum Gasteiger partial charge on any atom is -0.455 e. The van der Waals surface area contributed by atoms with Gasteiger partial charge >= 0.3 is 0 Å². The van der Waals surface area contributed by atoms with E-state index in [4.69, 9.17) is 4.42 Å². The molecule has 69 heavy (non-hydrogen) atoms. The first kappa shape index (κ1) is 40.3. The fraction of sp³-hybridized carbons (Fsp3) is 0.0149. The summed E-state index contributed by atoms with van der Waals surface area (Å²) in [6.07, 6.45) is 0. The van der Waals surface area contributed by atoms with Crippen LogP contribution in [0, 0.1) is 0 Å². The lowest BCUT2D eigenvalue weighted by molar-refractivity contribution is 0.670. The number of nitrogens with zero attached hydrogens (tertiary/aromatic N) is 1. The Labute approximate surface area is 402 Å². The molecular formula is C67H45NO. The van der Waals surface area contributed by atoms with Crippen LogP contribution >= 0.6 is 0 Å². The number of anilines is 3. The molecule has 0 atom stereocenters. The van der Waals surface area contributed by atoms with Gasteiger partial charge in [0.25, 0.3) is 0 Å². The van der Waals surface area contributed by atoms with E-state index in [2.05, 4.69) is 272 Å². The van der Waals surface area contributed by atoms with Crippen molar-refractivity contribution >= 4 is 39.0 Å². The lowest BCUT2D eigenvalue weighted by Gasteiger charge is -2.34. The summed E-state index contributed by atoms with van der Waals surface area (Å²) in [4.78, 5) is 2.43. The highest BCUT2D eigenvalue weighted by Gasteiger charge is 2.46. The fourth-order valence-corrected chi connectivity index (χ4v) is 11.1. The Kier molecular flexibility index (Phi) is 9.77. The number of hydrogen-bond acceptors (Lipinski definition) is 2. The average molecular weight is 880 g/mol. The maximum Gasteiger partial charge on any atom is 0.143 e. The Balaban J connectivity index is 1.01. The van der Waals surface area contributed by atoms with Crippen LogP contribution in [0.3, 0.4) is 0 Å². The van der Waals surface area contributed by atoms with Crippen LogP contribution in [0.25, 0.3) is 77.6 Å². The number of benzene rings is 11. The number of furan rings is 1. The largest absolute Gasteiger partial charge is 0.455 e. The van der Waals surface area contributed by atoms with Crippen molar-refractivity contribution in [2.75, 3.05) is 4.90 Å². The highest BCUT2D eigenvalue weighted by atomic mass is 16.3. The predicted molar refractivity (Wildman–Crippen MR) is 287 cm³/mol. The second kappa shape index (κ2) is 16.7. The number of rotatable bonds is 9. The molecule has 1 aromatic heterocycles. The first-order valence-electron chi connectivity index (χ1n) is 23.7. The zero-order valence-electron chi connectivity index (χ0n) is 37.8. The van der Waals surface area contributed by atoms with Gasteiger partial charge in [-0.1, -0.05) is 237 Å². The quantitative estimate of drug-likeness (QED) is 0.144. The molecule has 11 aromatic carbocycles. The van der Waals surface area contributed by atoms with E-state index >= 15 is 0 Å². The third kappa shape index (κ3) is 6.64. The standard InChI is InChI=1S/C67H45NO/c1-4-20-46(21-5-1)47-40-42-48(43-41-47)55-30-11-14-38-63(55)68(54-29-17-23-50(45-54)57-34-18-35-59-58-31-12-15-39-64(58)69-66(57)59)53-28-16-22-49(44-53)56-33-19-37-62-65(56)60-32-10-13-36-61(60)67(62,51-24-6-2-7-25-51)52-26-8-3-9-27-52/h1-45H. The molecule has 0 spiro atoms. The van der Waals surface area contributed by atoms with Crippen LogP contribution in [0.4, 0.5) is 17.1 Å². The van der Waals surface area contributed by atoms with Crippen LogP contribution in [-0.4, -0.2) is 0 Å². The molecular weight excluding hydrogens is 835 g/mol. The summed E-state index contributed by atoms with van der Waals surface area (Å²) in [5.41, 5.74) is 21.3. The molecule has 324 valence electrons. The summed E-state index contributed by atoms with van der Waals surface area (Å²) in [7, 11) is 0. The molecule has 2 nitrogen and oxygen atoms in total. The predicted octanol–water partition coefficient (Wildman–Crippen LogP) is 18.1.